The van der Waals surface area contributed by atoms with Crippen LogP contribution in [0.1, 0.15) is 127 Å². The Morgan fingerprint density at radius 1 is 0.938 bits per heavy atom. The largest absolute Gasteiger partial charge is 0.463 e. The van der Waals surface area contributed by atoms with E-state index < -0.39 is 0 Å². The van der Waals surface area contributed by atoms with E-state index in [1.54, 1.807) is 6.26 Å². The number of ketones is 1. The fourth-order valence-corrected chi connectivity index (χ4v) is 5.32. The number of hydrogen-bond donors (Lipinski definition) is 1. The van der Waals surface area contributed by atoms with Crippen molar-refractivity contribution >= 4 is 22.3 Å². The SMILES string of the molecule is CCCCCCCCCCCCCCC(C(=O)CCCC)c1sc(N)nc1-c1ccco1. The third kappa shape index (κ3) is 9.48. The Hall–Kier alpha value is -1.62. The summed E-state index contributed by atoms with van der Waals surface area (Å²) in [4.78, 5) is 18.6. The fraction of sp³-hybridized carbons (Fsp3) is 0.704. The summed E-state index contributed by atoms with van der Waals surface area (Å²) in [7, 11) is 0. The van der Waals surface area contributed by atoms with Crippen LogP contribution in [0.3, 0.4) is 0 Å². The fourth-order valence-electron chi connectivity index (χ4n) is 4.33. The molecule has 0 radical (unpaired) electrons. The second kappa shape index (κ2) is 16.1. The number of thiazole rings is 1. The Morgan fingerprint density at radius 3 is 2.09 bits per heavy atom. The molecule has 0 aromatic carbocycles. The van der Waals surface area contributed by atoms with E-state index in [2.05, 4.69) is 18.8 Å². The van der Waals surface area contributed by atoms with Gasteiger partial charge in [0, 0.05) is 11.3 Å². The first-order chi connectivity index (χ1) is 15.7. The minimum absolute atomic E-state index is 0.112. The lowest BCUT2D eigenvalue weighted by Crippen LogP contribution is -2.12. The number of Topliss-reactive ketones (excluding diaryl/α,β-unsaturated/α-hetero) is 1. The van der Waals surface area contributed by atoms with Gasteiger partial charge in [-0.2, -0.15) is 0 Å². The molecule has 2 aromatic heterocycles. The third-order valence-corrected chi connectivity index (χ3v) is 7.25. The Balaban J connectivity index is 1.79. The molecule has 0 spiro atoms. The molecule has 0 fully saturated rings. The molecule has 1 unspecified atom stereocenters. The van der Waals surface area contributed by atoms with Gasteiger partial charge in [-0.15, -0.1) is 11.3 Å². The average Bonchev–Trinajstić information content (AvgIpc) is 3.45. The van der Waals surface area contributed by atoms with Crippen molar-refractivity contribution in [3.05, 3.63) is 23.3 Å². The van der Waals surface area contributed by atoms with Gasteiger partial charge in [-0.25, -0.2) is 4.98 Å². The molecule has 5 heteroatoms. The van der Waals surface area contributed by atoms with Crippen molar-refractivity contribution in [1.82, 2.24) is 4.98 Å². The van der Waals surface area contributed by atoms with Gasteiger partial charge >= 0.3 is 0 Å². The first kappa shape index (κ1) is 26.6. The second-order valence-electron chi connectivity index (χ2n) is 9.04. The van der Waals surface area contributed by atoms with Crippen molar-refractivity contribution in [3.63, 3.8) is 0 Å². The molecule has 0 aliphatic carbocycles. The van der Waals surface area contributed by atoms with Crippen LogP contribution in [0.25, 0.3) is 11.5 Å². The predicted octanol–water partition coefficient (Wildman–Crippen LogP) is 8.92. The van der Waals surface area contributed by atoms with Crippen molar-refractivity contribution in [2.24, 2.45) is 0 Å². The normalized spacial score (nSPS) is 12.3. The first-order valence-corrected chi connectivity index (χ1v) is 13.8. The average molecular weight is 461 g/mol. The van der Waals surface area contributed by atoms with E-state index in [-0.39, 0.29) is 5.92 Å². The van der Waals surface area contributed by atoms with Crippen LogP contribution in [0.15, 0.2) is 22.8 Å². The molecular weight excluding hydrogens is 416 g/mol. The van der Waals surface area contributed by atoms with E-state index in [1.165, 1.54) is 82.0 Å². The van der Waals surface area contributed by atoms with E-state index >= 15 is 0 Å². The standard InChI is InChI=1S/C27H44N2O2S/c1-3-5-7-8-9-10-11-12-13-14-15-16-18-22(23(30)19-6-4-2)26-25(29-27(28)32-26)24-20-17-21-31-24/h17,20-22H,3-16,18-19H2,1-2H3,(H2,28,29). The Kier molecular flexibility index (Phi) is 13.4. The summed E-state index contributed by atoms with van der Waals surface area (Å²) in [5.41, 5.74) is 6.80. The number of anilines is 1. The molecule has 0 aliphatic rings. The highest BCUT2D eigenvalue weighted by Gasteiger charge is 2.27. The number of nitrogens with two attached hydrogens (primary N) is 1. The molecule has 0 aliphatic heterocycles. The number of furan rings is 1. The van der Waals surface area contributed by atoms with Crippen molar-refractivity contribution in [1.29, 1.82) is 0 Å². The van der Waals surface area contributed by atoms with E-state index in [0.29, 0.717) is 23.1 Å². The lowest BCUT2D eigenvalue weighted by molar-refractivity contribution is -0.120. The topological polar surface area (TPSA) is 69.1 Å². The highest BCUT2D eigenvalue weighted by Crippen LogP contribution is 2.39. The lowest BCUT2D eigenvalue weighted by atomic mass is 9.90. The molecule has 32 heavy (non-hydrogen) atoms. The number of rotatable bonds is 19. The minimum Gasteiger partial charge on any atom is -0.463 e. The molecule has 0 saturated carbocycles. The van der Waals surface area contributed by atoms with Crippen LogP contribution in [0.5, 0.6) is 0 Å². The smallest absolute Gasteiger partial charge is 0.180 e. The number of nitrogen functional groups attached to an aromatic ring is 1. The zero-order chi connectivity index (χ0) is 23.0. The van der Waals surface area contributed by atoms with Gasteiger partial charge in [-0.1, -0.05) is 97.3 Å². The van der Waals surface area contributed by atoms with Crippen LogP contribution in [0.4, 0.5) is 5.13 Å². The van der Waals surface area contributed by atoms with Crippen LogP contribution in [-0.2, 0) is 4.79 Å². The van der Waals surface area contributed by atoms with Crippen molar-refractivity contribution in [2.45, 2.75) is 122 Å². The molecular formula is C27H44N2O2S. The van der Waals surface area contributed by atoms with Crippen molar-refractivity contribution < 1.29 is 9.21 Å². The Labute approximate surface area is 199 Å². The van der Waals surface area contributed by atoms with E-state index in [1.807, 2.05) is 12.1 Å². The molecule has 2 aromatic rings. The van der Waals surface area contributed by atoms with Gasteiger partial charge in [0.25, 0.3) is 0 Å². The van der Waals surface area contributed by atoms with Gasteiger partial charge < -0.3 is 10.2 Å². The number of aromatic nitrogens is 1. The van der Waals surface area contributed by atoms with Gasteiger partial charge in [-0.3, -0.25) is 4.79 Å². The number of unbranched alkanes of at least 4 members (excludes halogenated alkanes) is 12. The quantitative estimate of drug-likeness (QED) is 0.212. The van der Waals surface area contributed by atoms with Crippen LogP contribution in [-0.4, -0.2) is 10.8 Å². The summed E-state index contributed by atoms with van der Waals surface area (Å²) in [6, 6.07) is 3.75. The molecule has 0 amide bonds. The minimum atomic E-state index is -0.112. The van der Waals surface area contributed by atoms with Gasteiger partial charge in [0.1, 0.15) is 11.5 Å². The third-order valence-electron chi connectivity index (χ3n) is 6.25. The molecule has 4 nitrogen and oxygen atoms in total. The summed E-state index contributed by atoms with van der Waals surface area (Å²) in [6.07, 6.45) is 21.0. The van der Waals surface area contributed by atoms with Gasteiger partial charge in [0.15, 0.2) is 10.9 Å². The van der Waals surface area contributed by atoms with E-state index in [4.69, 9.17) is 10.2 Å². The van der Waals surface area contributed by atoms with Gasteiger partial charge in [0.2, 0.25) is 0 Å². The van der Waals surface area contributed by atoms with Crippen LogP contribution in [0.2, 0.25) is 0 Å². The van der Waals surface area contributed by atoms with Gasteiger partial charge in [-0.05, 0) is 25.0 Å². The monoisotopic (exact) mass is 460 g/mol. The Bertz CT molecular complexity index is 739. The Morgan fingerprint density at radius 2 is 1.53 bits per heavy atom. The maximum Gasteiger partial charge on any atom is 0.180 e. The summed E-state index contributed by atoms with van der Waals surface area (Å²) >= 11 is 1.45. The highest BCUT2D eigenvalue weighted by atomic mass is 32.1. The molecule has 180 valence electrons. The molecule has 0 saturated heterocycles. The molecule has 2 N–H and O–H groups in total. The summed E-state index contributed by atoms with van der Waals surface area (Å²) in [5, 5.41) is 0.509. The zero-order valence-electron chi connectivity index (χ0n) is 20.4. The van der Waals surface area contributed by atoms with E-state index in [9.17, 15) is 4.79 Å². The van der Waals surface area contributed by atoms with Crippen molar-refractivity contribution in [3.8, 4) is 11.5 Å². The van der Waals surface area contributed by atoms with Crippen LogP contribution < -0.4 is 5.73 Å². The zero-order valence-corrected chi connectivity index (χ0v) is 21.2. The summed E-state index contributed by atoms with van der Waals surface area (Å²) in [6.45, 7) is 4.40. The van der Waals surface area contributed by atoms with Crippen molar-refractivity contribution in [2.75, 3.05) is 5.73 Å². The number of carbonyl (C=O) groups excluding carboxylic acids is 1. The predicted molar refractivity (Wildman–Crippen MR) is 137 cm³/mol. The number of carbonyl (C=O) groups is 1. The molecule has 1 atom stereocenters. The van der Waals surface area contributed by atoms with E-state index in [0.717, 1.165) is 36.3 Å². The molecule has 0 bridgehead atoms. The van der Waals surface area contributed by atoms with Gasteiger partial charge in [0.05, 0.1) is 12.2 Å². The maximum absolute atomic E-state index is 13.1. The molecule has 2 heterocycles. The maximum atomic E-state index is 13.1. The molecule has 2 rings (SSSR count). The highest BCUT2D eigenvalue weighted by molar-refractivity contribution is 7.16. The second-order valence-corrected chi connectivity index (χ2v) is 10.1. The van der Waals surface area contributed by atoms with Crippen LogP contribution >= 0.6 is 11.3 Å². The first-order valence-electron chi connectivity index (χ1n) is 13.0. The lowest BCUT2D eigenvalue weighted by Gasteiger charge is -2.15. The summed E-state index contributed by atoms with van der Waals surface area (Å²) in [5.74, 6) is 0.918. The summed E-state index contributed by atoms with van der Waals surface area (Å²) < 4.78 is 5.58. The number of nitrogens with zero attached hydrogens (tertiary/aromatic N) is 1. The number of hydrogen-bond acceptors (Lipinski definition) is 5. The van der Waals surface area contributed by atoms with Crippen LogP contribution in [0, 0.1) is 0 Å².